The lowest BCUT2D eigenvalue weighted by Gasteiger charge is -2.02. The van der Waals surface area contributed by atoms with Crippen LogP contribution in [0.15, 0.2) is 24.3 Å². The van der Waals surface area contributed by atoms with Gasteiger partial charge in [0.15, 0.2) is 11.5 Å². The highest BCUT2D eigenvalue weighted by Gasteiger charge is 2.13. The molecule has 0 aliphatic carbocycles. The van der Waals surface area contributed by atoms with E-state index in [1.165, 1.54) is 6.92 Å². The first-order valence-electron chi connectivity index (χ1n) is 5.07. The summed E-state index contributed by atoms with van der Waals surface area (Å²) in [6.45, 7) is 3.25. The molecule has 0 saturated carbocycles. The van der Waals surface area contributed by atoms with Gasteiger partial charge in [-0.3, -0.25) is 4.79 Å². The van der Waals surface area contributed by atoms with Crippen LogP contribution in [0.2, 0.25) is 0 Å². The van der Waals surface area contributed by atoms with E-state index in [-0.39, 0.29) is 5.78 Å². The molecule has 0 spiro atoms. The fourth-order valence-corrected chi connectivity index (χ4v) is 1.58. The summed E-state index contributed by atoms with van der Waals surface area (Å²) >= 11 is 0. The number of nitrogens with zero attached hydrogens (tertiary/aromatic N) is 4. The number of hydrogen-bond acceptors (Lipinski definition) is 4. The van der Waals surface area contributed by atoms with Crippen molar-refractivity contribution in [2.24, 2.45) is 0 Å². The van der Waals surface area contributed by atoms with Gasteiger partial charge in [0.2, 0.25) is 0 Å². The highest BCUT2D eigenvalue weighted by Crippen LogP contribution is 2.13. The van der Waals surface area contributed by atoms with Gasteiger partial charge in [0.05, 0.1) is 23.0 Å². The zero-order valence-electron chi connectivity index (χ0n) is 9.51. The molecule has 0 unspecified atom stereocenters. The lowest BCUT2D eigenvalue weighted by atomic mass is 10.2. The number of carbonyl (C=O) groups excluding carboxylic acids is 1. The fourth-order valence-electron chi connectivity index (χ4n) is 1.58. The van der Waals surface area contributed by atoms with Crippen LogP contribution in [0.5, 0.6) is 0 Å². The number of benzene rings is 1. The molecular weight excluding hydrogens is 216 g/mol. The Morgan fingerprint density at radius 3 is 2.47 bits per heavy atom. The summed E-state index contributed by atoms with van der Waals surface area (Å²) in [5.74, 6) is -0.109. The molecule has 1 aromatic carbocycles. The van der Waals surface area contributed by atoms with Crippen LogP contribution >= 0.6 is 0 Å². The van der Waals surface area contributed by atoms with E-state index in [0.717, 1.165) is 5.69 Å². The zero-order chi connectivity index (χ0) is 12.4. The lowest BCUT2D eigenvalue weighted by Crippen LogP contribution is -2.01. The quantitative estimate of drug-likeness (QED) is 0.730. The van der Waals surface area contributed by atoms with Gasteiger partial charge in [-0.2, -0.15) is 5.26 Å². The number of carbonyl (C=O) groups is 1. The molecule has 5 heteroatoms. The molecule has 0 N–H and O–H groups in total. The molecule has 84 valence electrons. The van der Waals surface area contributed by atoms with Gasteiger partial charge in [0, 0.05) is 6.92 Å². The highest BCUT2D eigenvalue weighted by molar-refractivity contribution is 5.93. The van der Waals surface area contributed by atoms with E-state index in [0.29, 0.717) is 17.0 Å². The minimum atomic E-state index is -0.109. The van der Waals surface area contributed by atoms with Crippen LogP contribution < -0.4 is 0 Å². The Morgan fingerprint density at radius 1 is 1.35 bits per heavy atom. The van der Waals surface area contributed by atoms with E-state index in [4.69, 9.17) is 5.26 Å². The second-order valence-electron chi connectivity index (χ2n) is 3.65. The molecule has 17 heavy (non-hydrogen) atoms. The molecule has 2 rings (SSSR count). The Balaban J connectivity index is 2.47. The maximum absolute atomic E-state index is 11.3. The van der Waals surface area contributed by atoms with Crippen molar-refractivity contribution in [3.05, 3.63) is 41.2 Å². The first-order chi connectivity index (χ1) is 8.13. The molecule has 0 atom stereocenters. The minimum absolute atomic E-state index is 0.109. The summed E-state index contributed by atoms with van der Waals surface area (Å²) in [6.07, 6.45) is 0. The Bertz CT molecular complexity index is 604. The van der Waals surface area contributed by atoms with Crippen LogP contribution in [0.1, 0.15) is 28.7 Å². The van der Waals surface area contributed by atoms with Crippen molar-refractivity contribution in [2.75, 3.05) is 0 Å². The van der Waals surface area contributed by atoms with Crippen molar-refractivity contribution >= 4 is 5.78 Å². The molecular formula is C12H10N4O. The number of aromatic nitrogens is 3. The second-order valence-corrected chi connectivity index (χ2v) is 3.65. The normalized spacial score (nSPS) is 9.94. The standard InChI is InChI=1S/C12H10N4O/c1-8-12(9(2)17)14-15-16(8)11-5-3-10(7-13)4-6-11/h3-6H,1-2H3. The third kappa shape index (κ3) is 1.93. The van der Waals surface area contributed by atoms with Gasteiger partial charge in [-0.25, -0.2) is 4.68 Å². The molecule has 1 aromatic heterocycles. The van der Waals surface area contributed by atoms with Crippen molar-refractivity contribution < 1.29 is 4.79 Å². The highest BCUT2D eigenvalue weighted by atomic mass is 16.1. The molecule has 1 heterocycles. The number of hydrogen-bond donors (Lipinski definition) is 0. The van der Waals surface area contributed by atoms with E-state index < -0.39 is 0 Å². The predicted molar refractivity (Wildman–Crippen MR) is 60.8 cm³/mol. The van der Waals surface area contributed by atoms with E-state index in [1.54, 1.807) is 35.9 Å². The van der Waals surface area contributed by atoms with Gasteiger partial charge in [-0.1, -0.05) is 5.21 Å². The van der Waals surface area contributed by atoms with Crippen molar-refractivity contribution in [1.82, 2.24) is 15.0 Å². The molecule has 5 nitrogen and oxygen atoms in total. The monoisotopic (exact) mass is 226 g/mol. The molecule has 0 radical (unpaired) electrons. The maximum atomic E-state index is 11.3. The Labute approximate surface area is 98.3 Å². The topological polar surface area (TPSA) is 71.6 Å². The summed E-state index contributed by atoms with van der Waals surface area (Å²) in [5, 5.41) is 16.5. The molecule has 0 amide bonds. The Morgan fingerprint density at radius 2 is 2.00 bits per heavy atom. The van der Waals surface area contributed by atoms with Crippen LogP contribution in [0.25, 0.3) is 5.69 Å². The van der Waals surface area contributed by atoms with Crippen molar-refractivity contribution in [3.63, 3.8) is 0 Å². The Kier molecular flexibility index (Phi) is 2.71. The third-order valence-electron chi connectivity index (χ3n) is 2.47. The molecule has 0 saturated heterocycles. The predicted octanol–water partition coefficient (Wildman–Crippen LogP) is 1.65. The molecule has 0 aliphatic heterocycles. The van der Waals surface area contributed by atoms with Crippen LogP contribution in [-0.4, -0.2) is 20.8 Å². The molecule has 0 bridgehead atoms. The number of nitriles is 1. The van der Waals surface area contributed by atoms with E-state index in [9.17, 15) is 4.79 Å². The summed E-state index contributed by atoms with van der Waals surface area (Å²) in [5.41, 5.74) is 2.43. The smallest absolute Gasteiger partial charge is 0.181 e. The van der Waals surface area contributed by atoms with E-state index in [2.05, 4.69) is 10.3 Å². The van der Waals surface area contributed by atoms with Crippen LogP contribution in [-0.2, 0) is 0 Å². The summed E-state index contributed by atoms with van der Waals surface area (Å²) in [6, 6.07) is 8.98. The minimum Gasteiger partial charge on any atom is -0.293 e. The first kappa shape index (κ1) is 11.0. The van der Waals surface area contributed by atoms with Crippen molar-refractivity contribution in [2.45, 2.75) is 13.8 Å². The zero-order valence-corrected chi connectivity index (χ0v) is 9.51. The lowest BCUT2D eigenvalue weighted by molar-refractivity contribution is 0.101. The molecule has 2 aromatic rings. The average molecular weight is 226 g/mol. The fraction of sp³-hybridized carbons (Fsp3) is 0.167. The van der Waals surface area contributed by atoms with E-state index >= 15 is 0 Å². The third-order valence-corrected chi connectivity index (χ3v) is 2.47. The van der Waals surface area contributed by atoms with Gasteiger partial charge >= 0.3 is 0 Å². The summed E-state index contributed by atoms with van der Waals surface area (Å²) in [7, 11) is 0. The van der Waals surface area contributed by atoms with Crippen LogP contribution in [0.4, 0.5) is 0 Å². The largest absolute Gasteiger partial charge is 0.293 e. The van der Waals surface area contributed by atoms with Crippen LogP contribution in [0, 0.1) is 18.3 Å². The van der Waals surface area contributed by atoms with Gasteiger partial charge in [-0.15, -0.1) is 5.10 Å². The SMILES string of the molecule is CC(=O)c1nnn(-c2ccc(C#N)cc2)c1C. The van der Waals surface area contributed by atoms with Gasteiger partial charge < -0.3 is 0 Å². The van der Waals surface area contributed by atoms with Gasteiger partial charge in [0.25, 0.3) is 0 Å². The molecule has 0 aliphatic rings. The summed E-state index contributed by atoms with van der Waals surface area (Å²) < 4.78 is 1.58. The second kappa shape index (κ2) is 4.18. The number of rotatable bonds is 2. The Hall–Kier alpha value is -2.48. The van der Waals surface area contributed by atoms with E-state index in [1.807, 2.05) is 6.07 Å². The van der Waals surface area contributed by atoms with Crippen molar-refractivity contribution in [3.8, 4) is 11.8 Å². The molecule has 0 fully saturated rings. The van der Waals surface area contributed by atoms with Gasteiger partial charge in [0.1, 0.15) is 0 Å². The van der Waals surface area contributed by atoms with Crippen molar-refractivity contribution in [1.29, 1.82) is 5.26 Å². The average Bonchev–Trinajstić information content (AvgIpc) is 2.71. The maximum Gasteiger partial charge on any atom is 0.181 e. The number of ketones is 1. The summed E-state index contributed by atoms with van der Waals surface area (Å²) in [4.78, 5) is 11.3. The van der Waals surface area contributed by atoms with Crippen LogP contribution in [0.3, 0.4) is 0 Å². The first-order valence-corrected chi connectivity index (χ1v) is 5.07. The number of Topliss-reactive ketones (excluding diaryl/α,β-unsaturated/α-hetero) is 1. The van der Waals surface area contributed by atoms with Gasteiger partial charge in [-0.05, 0) is 31.2 Å².